The molecule has 0 atom stereocenters. The zero-order valence-corrected chi connectivity index (χ0v) is 14.9. The second-order valence-corrected chi connectivity index (χ2v) is 5.76. The van der Waals surface area contributed by atoms with Crippen LogP contribution >= 0.6 is 0 Å². The fraction of sp³-hybridized carbons (Fsp3) is 0.100. The lowest BCUT2D eigenvalue weighted by atomic mass is 10.1. The molecule has 8 heteroatoms. The highest BCUT2D eigenvalue weighted by molar-refractivity contribution is 5.89. The molecular formula is C20H16N2O6. The third-order valence-electron chi connectivity index (χ3n) is 3.91. The minimum atomic E-state index is -1.08. The summed E-state index contributed by atoms with van der Waals surface area (Å²) in [7, 11) is 1.47. The van der Waals surface area contributed by atoms with E-state index in [1.807, 2.05) is 0 Å². The van der Waals surface area contributed by atoms with Crippen LogP contribution in [0.15, 0.2) is 48.5 Å². The number of nitrogens with zero attached hydrogens (tertiary/aromatic N) is 2. The number of carboxylic acids is 1. The van der Waals surface area contributed by atoms with Crippen LogP contribution < -0.4 is 9.47 Å². The Kier molecular flexibility index (Phi) is 5.50. The minimum absolute atomic E-state index is 0.0159. The van der Waals surface area contributed by atoms with E-state index in [-0.39, 0.29) is 5.69 Å². The molecule has 0 fully saturated rings. The molecule has 0 amide bonds. The van der Waals surface area contributed by atoms with E-state index in [4.69, 9.17) is 14.6 Å². The van der Waals surface area contributed by atoms with Crippen LogP contribution in [-0.2, 0) is 4.79 Å². The van der Waals surface area contributed by atoms with Gasteiger partial charge in [-0.15, -0.1) is 0 Å². The molecule has 1 heterocycles. The van der Waals surface area contributed by atoms with E-state index in [0.717, 1.165) is 5.56 Å². The molecule has 3 aromatic rings. The van der Waals surface area contributed by atoms with E-state index in [1.165, 1.54) is 13.2 Å². The molecule has 0 aliphatic carbocycles. The molecule has 0 saturated carbocycles. The van der Waals surface area contributed by atoms with Gasteiger partial charge in [-0.2, -0.15) is 0 Å². The van der Waals surface area contributed by atoms with Crippen molar-refractivity contribution in [2.45, 2.75) is 0 Å². The second kappa shape index (κ2) is 8.17. The summed E-state index contributed by atoms with van der Waals surface area (Å²) in [6, 6.07) is 13.2. The average molecular weight is 380 g/mol. The lowest BCUT2D eigenvalue weighted by molar-refractivity contribution is -0.383. The lowest BCUT2D eigenvalue weighted by Gasteiger charge is -2.09. The Morgan fingerprint density at radius 2 is 2.00 bits per heavy atom. The van der Waals surface area contributed by atoms with E-state index in [2.05, 4.69) is 4.98 Å². The predicted molar refractivity (Wildman–Crippen MR) is 103 cm³/mol. The number of fused-ring (bicyclic) bond motifs is 1. The Bertz CT molecular complexity index is 1080. The topological polar surface area (TPSA) is 112 Å². The SMILES string of the molecule is COc1cc(/C=C/c2ccc3c([N+](=O)[O-])cccc3n2)ccc1OCC(=O)O. The first-order valence-electron chi connectivity index (χ1n) is 8.23. The first-order chi connectivity index (χ1) is 13.5. The highest BCUT2D eigenvalue weighted by Gasteiger charge is 2.11. The van der Waals surface area contributed by atoms with Gasteiger partial charge in [-0.05, 0) is 42.0 Å². The van der Waals surface area contributed by atoms with Gasteiger partial charge in [0.05, 0.1) is 28.6 Å². The predicted octanol–water partition coefficient (Wildman–Crippen LogP) is 3.79. The van der Waals surface area contributed by atoms with Gasteiger partial charge in [-0.1, -0.05) is 18.2 Å². The molecule has 2 aromatic carbocycles. The van der Waals surface area contributed by atoms with Crippen molar-refractivity contribution in [2.75, 3.05) is 13.7 Å². The zero-order chi connectivity index (χ0) is 20.1. The Morgan fingerprint density at radius 1 is 1.18 bits per heavy atom. The van der Waals surface area contributed by atoms with Gasteiger partial charge in [0, 0.05) is 6.07 Å². The maximum Gasteiger partial charge on any atom is 0.341 e. The third kappa shape index (κ3) is 4.24. The van der Waals surface area contributed by atoms with Gasteiger partial charge in [-0.25, -0.2) is 9.78 Å². The van der Waals surface area contributed by atoms with E-state index >= 15 is 0 Å². The Labute approximate surface area is 159 Å². The van der Waals surface area contributed by atoms with Gasteiger partial charge < -0.3 is 14.6 Å². The van der Waals surface area contributed by atoms with Crippen LogP contribution in [0.4, 0.5) is 5.69 Å². The summed E-state index contributed by atoms with van der Waals surface area (Å²) in [5.41, 5.74) is 1.98. The van der Waals surface area contributed by atoms with E-state index in [1.54, 1.807) is 54.6 Å². The number of nitro groups is 1. The Morgan fingerprint density at radius 3 is 2.71 bits per heavy atom. The minimum Gasteiger partial charge on any atom is -0.493 e. The van der Waals surface area contributed by atoms with Crippen LogP contribution in [0.1, 0.15) is 11.3 Å². The second-order valence-electron chi connectivity index (χ2n) is 5.76. The molecule has 1 N–H and O–H groups in total. The molecule has 3 rings (SSSR count). The van der Waals surface area contributed by atoms with Crippen molar-refractivity contribution in [3.8, 4) is 11.5 Å². The van der Waals surface area contributed by atoms with Crippen LogP contribution in [-0.4, -0.2) is 34.7 Å². The summed E-state index contributed by atoms with van der Waals surface area (Å²) in [6.07, 6.45) is 3.57. The average Bonchev–Trinajstić information content (AvgIpc) is 2.70. The summed E-state index contributed by atoms with van der Waals surface area (Å²) in [5, 5.41) is 20.3. The van der Waals surface area contributed by atoms with Gasteiger partial charge in [0.2, 0.25) is 0 Å². The highest BCUT2D eigenvalue weighted by Crippen LogP contribution is 2.29. The number of carboxylic acid groups (broad SMARTS) is 1. The van der Waals surface area contributed by atoms with E-state index < -0.39 is 17.5 Å². The van der Waals surface area contributed by atoms with Crippen molar-refractivity contribution in [2.24, 2.45) is 0 Å². The molecule has 0 saturated heterocycles. The molecule has 0 radical (unpaired) electrons. The number of aromatic nitrogens is 1. The molecule has 28 heavy (non-hydrogen) atoms. The molecule has 0 unspecified atom stereocenters. The maximum atomic E-state index is 11.1. The molecule has 1 aromatic heterocycles. The third-order valence-corrected chi connectivity index (χ3v) is 3.91. The van der Waals surface area contributed by atoms with Crippen LogP contribution in [0, 0.1) is 10.1 Å². The number of aliphatic carboxylic acids is 1. The number of ether oxygens (including phenoxy) is 2. The van der Waals surface area contributed by atoms with Crippen molar-refractivity contribution in [1.82, 2.24) is 4.98 Å². The van der Waals surface area contributed by atoms with Gasteiger partial charge in [-0.3, -0.25) is 10.1 Å². The number of pyridine rings is 1. The van der Waals surface area contributed by atoms with Crippen LogP contribution in [0.2, 0.25) is 0 Å². The zero-order valence-electron chi connectivity index (χ0n) is 14.9. The number of methoxy groups -OCH3 is 1. The van der Waals surface area contributed by atoms with Crippen molar-refractivity contribution >= 4 is 34.7 Å². The Hall–Kier alpha value is -3.94. The first-order valence-corrected chi connectivity index (χ1v) is 8.23. The summed E-state index contributed by atoms with van der Waals surface area (Å²) >= 11 is 0. The molecule has 8 nitrogen and oxygen atoms in total. The van der Waals surface area contributed by atoms with Crippen LogP contribution in [0.3, 0.4) is 0 Å². The molecule has 0 aliphatic heterocycles. The van der Waals surface area contributed by atoms with Crippen molar-refractivity contribution in [3.63, 3.8) is 0 Å². The largest absolute Gasteiger partial charge is 0.493 e. The normalized spacial score (nSPS) is 10.9. The Balaban J connectivity index is 1.85. The standard InChI is InChI=1S/C20H16N2O6/c1-27-19-11-13(6-10-18(19)28-12-20(23)24)5-7-14-8-9-15-16(21-14)3-2-4-17(15)22(25)26/h2-11H,12H2,1H3,(H,23,24)/b7-5+. The number of rotatable bonds is 7. The van der Waals surface area contributed by atoms with Crippen molar-refractivity contribution < 1.29 is 24.3 Å². The van der Waals surface area contributed by atoms with E-state index in [9.17, 15) is 14.9 Å². The number of nitro benzene ring substituents is 1. The summed E-state index contributed by atoms with van der Waals surface area (Å²) < 4.78 is 10.4. The van der Waals surface area contributed by atoms with Gasteiger partial charge in [0.25, 0.3) is 5.69 Å². The quantitative estimate of drug-likeness (QED) is 0.490. The van der Waals surface area contributed by atoms with Crippen LogP contribution in [0.25, 0.3) is 23.1 Å². The summed E-state index contributed by atoms with van der Waals surface area (Å²) in [4.78, 5) is 25.7. The summed E-state index contributed by atoms with van der Waals surface area (Å²) in [5.74, 6) is -0.336. The van der Waals surface area contributed by atoms with Crippen molar-refractivity contribution in [3.05, 3.63) is 69.9 Å². The van der Waals surface area contributed by atoms with Gasteiger partial charge in [0.1, 0.15) is 0 Å². The molecule has 142 valence electrons. The maximum absolute atomic E-state index is 11.1. The fourth-order valence-corrected chi connectivity index (χ4v) is 2.63. The van der Waals surface area contributed by atoms with E-state index in [0.29, 0.717) is 28.1 Å². The fourth-order valence-electron chi connectivity index (χ4n) is 2.63. The first kappa shape index (κ1) is 18.8. The van der Waals surface area contributed by atoms with Gasteiger partial charge in [0.15, 0.2) is 18.1 Å². The molecule has 0 aliphatic rings. The van der Waals surface area contributed by atoms with Gasteiger partial charge >= 0.3 is 5.97 Å². The number of benzene rings is 2. The number of hydrogen-bond acceptors (Lipinski definition) is 6. The number of non-ortho nitro benzene ring substituents is 1. The van der Waals surface area contributed by atoms with Crippen molar-refractivity contribution in [1.29, 1.82) is 0 Å². The molecule has 0 spiro atoms. The van der Waals surface area contributed by atoms with Crippen LogP contribution in [0.5, 0.6) is 11.5 Å². The lowest BCUT2D eigenvalue weighted by Crippen LogP contribution is -2.10. The summed E-state index contributed by atoms with van der Waals surface area (Å²) in [6.45, 7) is -0.460. The molecular weight excluding hydrogens is 364 g/mol. The monoisotopic (exact) mass is 380 g/mol. The molecule has 0 bridgehead atoms. The highest BCUT2D eigenvalue weighted by atomic mass is 16.6. The number of hydrogen-bond donors (Lipinski definition) is 1. The smallest absolute Gasteiger partial charge is 0.341 e. The number of carbonyl (C=O) groups is 1.